The van der Waals surface area contributed by atoms with Crippen molar-refractivity contribution in [1.82, 2.24) is 20.0 Å². The van der Waals surface area contributed by atoms with E-state index in [1.54, 1.807) is 11.9 Å². The smallest absolute Gasteiger partial charge is 0.327 e. The van der Waals surface area contributed by atoms with Gasteiger partial charge in [-0.15, -0.1) is 0 Å². The van der Waals surface area contributed by atoms with Crippen molar-refractivity contribution in [3.05, 3.63) is 29.3 Å². The number of hydrogen-bond donors (Lipinski definition) is 1. The molecule has 3 saturated heterocycles. The van der Waals surface area contributed by atoms with Crippen LogP contribution in [0.25, 0.3) is 0 Å². The number of nitrogens with zero attached hydrogens (tertiary/aromatic N) is 4. The predicted molar refractivity (Wildman–Crippen MR) is 113 cm³/mol. The maximum absolute atomic E-state index is 13.4. The molecule has 3 aliphatic heterocycles. The summed E-state index contributed by atoms with van der Waals surface area (Å²) in [5.74, 6) is 0.388. The van der Waals surface area contributed by atoms with Crippen molar-refractivity contribution in [2.75, 3.05) is 31.6 Å². The Morgan fingerprint density at radius 3 is 2.59 bits per heavy atom. The Hall–Kier alpha value is -2.12. The first-order valence-electron chi connectivity index (χ1n) is 10.7. The fraction of sp³-hybridized carbons (Fsp3) is 0.636. The molecule has 1 N–H and O–H groups in total. The van der Waals surface area contributed by atoms with Crippen molar-refractivity contribution < 1.29 is 9.59 Å². The van der Waals surface area contributed by atoms with Gasteiger partial charge in [-0.2, -0.15) is 0 Å². The molecule has 3 fully saturated rings. The fourth-order valence-corrected chi connectivity index (χ4v) is 4.68. The number of rotatable bonds is 4. The highest BCUT2D eigenvalue weighted by atomic mass is 16.2. The van der Waals surface area contributed by atoms with Gasteiger partial charge in [-0.05, 0) is 55.9 Å². The van der Waals surface area contributed by atoms with E-state index in [9.17, 15) is 9.59 Å². The van der Waals surface area contributed by atoms with E-state index in [-0.39, 0.29) is 30.4 Å². The van der Waals surface area contributed by atoms with Crippen LogP contribution in [0.1, 0.15) is 37.8 Å². The molecule has 7 heteroatoms. The third kappa shape index (κ3) is 3.40. The fourth-order valence-electron chi connectivity index (χ4n) is 4.68. The number of hydrogen-bond acceptors (Lipinski definition) is 5. The minimum absolute atomic E-state index is 0.0595. The summed E-state index contributed by atoms with van der Waals surface area (Å²) in [5.41, 5.74) is 3.70. The van der Waals surface area contributed by atoms with Gasteiger partial charge in [-0.25, -0.2) is 4.79 Å². The second-order valence-corrected chi connectivity index (χ2v) is 9.05. The van der Waals surface area contributed by atoms with Crippen molar-refractivity contribution in [3.8, 4) is 0 Å². The molecule has 0 saturated carbocycles. The summed E-state index contributed by atoms with van der Waals surface area (Å²) in [6, 6.07) is 6.00. The SMILES string of the molecule is Cc1ccc(N2CCCN3C4C(=O)N(CCC(C)C)C(=O)N(C)C4NC23)cc1C. The third-order valence-corrected chi connectivity index (χ3v) is 6.62. The van der Waals surface area contributed by atoms with Crippen LogP contribution in [0.2, 0.25) is 0 Å². The van der Waals surface area contributed by atoms with Crippen molar-refractivity contribution in [2.45, 2.75) is 59.0 Å². The van der Waals surface area contributed by atoms with E-state index in [1.165, 1.54) is 16.0 Å². The van der Waals surface area contributed by atoms with Gasteiger partial charge in [0.05, 0.1) is 0 Å². The molecule has 158 valence electrons. The van der Waals surface area contributed by atoms with Gasteiger partial charge in [0.1, 0.15) is 18.5 Å². The van der Waals surface area contributed by atoms with Gasteiger partial charge in [0.15, 0.2) is 0 Å². The molecule has 3 aliphatic rings. The monoisotopic (exact) mass is 399 g/mol. The Morgan fingerprint density at radius 2 is 1.90 bits per heavy atom. The minimum Gasteiger partial charge on any atom is -0.343 e. The normalized spacial score (nSPS) is 27.7. The van der Waals surface area contributed by atoms with Crippen LogP contribution in [0.3, 0.4) is 0 Å². The Morgan fingerprint density at radius 1 is 1.14 bits per heavy atom. The second-order valence-electron chi connectivity index (χ2n) is 9.05. The molecule has 4 rings (SSSR count). The Kier molecular flexibility index (Phi) is 5.29. The zero-order valence-electron chi connectivity index (χ0n) is 18.2. The number of imide groups is 1. The van der Waals surface area contributed by atoms with E-state index in [2.05, 4.69) is 61.0 Å². The number of anilines is 1. The van der Waals surface area contributed by atoms with E-state index in [1.807, 2.05) is 0 Å². The molecule has 0 bridgehead atoms. The van der Waals surface area contributed by atoms with Crippen LogP contribution in [0.4, 0.5) is 10.5 Å². The van der Waals surface area contributed by atoms with Gasteiger partial charge < -0.3 is 9.80 Å². The van der Waals surface area contributed by atoms with Crippen LogP contribution in [-0.2, 0) is 4.79 Å². The first-order valence-corrected chi connectivity index (χ1v) is 10.7. The quantitative estimate of drug-likeness (QED) is 0.842. The van der Waals surface area contributed by atoms with Crippen molar-refractivity contribution in [1.29, 1.82) is 0 Å². The van der Waals surface area contributed by atoms with Crippen LogP contribution < -0.4 is 10.2 Å². The van der Waals surface area contributed by atoms with Crippen LogP contribution in [0, 0.1) is 19.8 Å². The zero-order chi connectivity index (χ0) is 20.9. The van der Waals surface area contributed by atoms with E-state index >= 15 is 0 Å². The third-order valence-electron chi connectivity index (χ3n) is 6.62. The topological polar surface area (TPSA) is 59.1 Å². The molecular formula is C22H33N5O2. The van der Waals surface area contributed by atoms with Gasteiger partial charge in [0, 0.05) is 32.4 Å². The molecule has 1 aromatic carbocycles. The zero-order valence-corrected chi connectivity index (χ0v) is 18.2. The summed E-state index contributed by atoms with van der Waals surface area (Å²) in [6.45, 7) is 10.8. The number of urea groups is 1. The summed E-state index contributed by atoms with van der Waals surface area (Å²) in [6.07, 6.45) is 1.45. The molecule has 0 aliphatic carbocycles. The molecule has 0 spiro atoms. The lowest BCUT2D eigenvalue weighted by Crippen LogP contribution is -2.66. The van der Waals surface area contributed by atoms with Gasteiger partial charge in [0.2, 0.25) is 0 Å². The average Bonchev–Trinajstić information content (AvgIpc) is 3.08. The lowest BCUT2D eigenvalue weighted by molar-refractivity contribution is -0.138. The lowest BCUT2D eigenvalue weighted by atomic mass is 10.1. The number of nitrogens with one attached hydrogen (secondary N) is 1. The van der Waals surface area contributed by atoms with E-state index < -0.39 is 0 Å². The Labute approximate surface area is 173 Å². The molecule has 3 atom stereocenters. The van der Waals surface area contributed by atoms with Crippen molar-refractivity contribution in [3.63, 3.8) is 0 Å². The van der Waals surface area contributed by atoms with Crippen LogP contribution in [-0.4, -0.2) is 71.8 Å². The number of aryl methyl sites for hydroxylation is 2. The number of fused-ring (bicyclic) bond motifs is 3. The first kappa shape index (κ1) is 20.2. The molecule has 0 radical (unpaired) electrons. The minimum atomic E-state index is -0.329. The molecule has 7 nitrogen and oxygen atoms in total. The average molecular weight is 400 g/mol. The standard InChI is InChI=1S/C22H33N5O2/c1-14(2)9-12-27-20(28)18-19(24(5)22(27)29)23-21-25(10-6-11-26(18)21)17-8-7-15(3)16(4)13-17/h7-8,13-14,18-19,21,23H,6,9-12H2,1-5H3. The second kappa shape index (κ2) is 7.61. The highest BCUT2D eigenvalue weighted by Crippen LogP contribution is 2.33. The van der Waals surface area contributed by atoms with Gasteiger partial charge in [-0.1, -0.05) is 19.9 Å². The highest BCUT2D eigenvalue weighted by Gasteiger charge is 2.55. The van der Waals surface area contributed by atoms with Crippen LogP contribution in [0.15, 0.2) is 18.2 Å². The molecule has 29 heavy (non-hydrogen) atoms. The lowest BCUT2D eigenvalue weighted by Gasteiger charge is -2.44. The Balaban J connectivity index is 1.61. The number of benzene rings is 1. The summed E-state index contributed by atoms with van der Waals surface area (Å²) in [4.78, 5) is 34.0. The summed E-state index contributed by atoms with van der Waals surface area (Å²) < 4.78 is 0. The first-order chi connectivity index (χ1) is 13.8. The van der Waals surface area contributed by atoms with Crippen LogP contribution in [0.5, 0.6) is 0 Å². The number of amides is 3. The van der Waals surface area contributed by atoms with Gasteiger partial charge in [-0.3, -0.25) is 19.9 Å². The van der Waals surface area contributed by atoms with Crippen molar-refractivity contribution in [2.24, 2.45) is 5.92 Å². The molecule has 3 unspecified atom stereocenters. The number of carbonyl (C=O) groups excluding carboxylic acids is 2. The molecule has 3 amide bonds. The summed E-state index contributed by atoms with van der Waals surface area (Å²) >= 11 is 0. The predicted octanol–water partition coefficient (Wildman–Crippen LogP) is 2.34. The van der Waals surface area contributed by atoms with E-state index in [4.69, 9.17) is 0 Å². The summed E-state index contributed by atoms with van der Waals surface area (Å²) in [7, 11) is 1.81. The maximum Gasteiger partial charge on any atom is 0.327 e. The van der Waals surface area contributed by atoms with E-state index in [0.717, 1.165) is 31.6 Å². The molecular weight excluding hydrogens is 366 g/mol. The summed E-state index contributed by atoms with van der Waals surface area (Å²) in [5, 5.41) is 3.58. The molecule has 3 heterocycles. The largest absolute Gasteiger partial charge is 0.343 e. The van der Waals surface area contributed by atoms with Gasteiger partial charge >= 0.3 is 6.03 Å². The molecule has 0 aromatic heterocycles. The van der Waals surface area contributed by atoms with Crippen LogP contribution >= 0.6 is 0 Å². The number of likely N-dealkylation sites (N-methyl/N-ethyl adjacent to an activating group) is 1. The Bertz CT molecular complexity index is 810. The molecule has 1 aromatic rings. The highest BCUT2D eigenvalue weighted by molar-refractivity contribution is 6.00. The van der Waals surface area contributed by atoms with Gasteiger partial charge in [0.25, 0.3) is 5.91 Å². The van der Waals surface area contributed by atoms with E-state index in [0.29, 0.717) is 12.5 Å². The maximum atomic E-state index is 13.4. The number of carbonyl (C=O) groups is 2. The van der Waals surface area contributed by atoms with Crippen molar-refractivity contribution >= 4 is 17.6 Å².